The molecule has 0 saturated heterocycles. The van der Waals surface area contributed by atoms with Gasteiger partial charge in [0.2, 0.25) is 5.88 Å². The van der Waals surface area contributed by atoms with Crippen LogP contribution in [0.25, 0.3) is 38.5 Å². The first-order valence-electron chi connectivity index (χ1n) is 12.1. The number of aromatic hydroxyl groups is 1. The van der Waals surface area contributed by atoms with Crippen molar-refractivity contribution >= 4 is 32.7 Å². The van der Waals surface area contributed by atoms with Gasteiger partial charge in [0.15, 0.2) is 0 Å². The molecule has 0 fully saturated rings. The van der Waals surface area contributed by atoms with Crippen LogP contribution in [0.1, 0.15) is 36.5 Å². The average Bonchev–Trinajstić information content (AvgIpc) is 3.20. The fourth-order valence-corrected chi connectivity index (χ4v) is 4.94. The molecule has 6 rings (SSSR count). The zero-order valence-electron chi connectivity index (χ0n) is 21.0. The first kappa shape index (κ1) is 25.0. The molecule has 6 heteroatoms. The number of phenols is 1. The normalized spacial score (nSPS) is 11.4. The van der Waals surface area contributed by atoms with E-state index < -0.39 is 0 Å². The molecule has 0 aliphatic carbocycles. The van der Waals surface area contributed by atoms with Gasteiger partial charge in [-0.2, -0.15) is 6.07 Å². The summed E-state index contributed by atoms with van der Waals surface area (Å²) in [5.41, 5.74) is 5.77. The summed E-state index contributed by atoms with van der Waals surface area (Å²) in [7, 11) is 0. The van der Waals surface area contributed by atoms with E-state index in [1.54, 1.807) is 6.07 Å². The molecule has 188 valence electrons. The second kappa shape index (κ2) is 9.64. The Labute approximate surface area is 230 Å². The molecule has 6 aromatic rings. The van der Waals surface area contributed by atoms with E-state index in [9.17, 15) is 5.11 Å². The molecule has 5 nitrogen and oxygen atoms in total. The zero-order chi connectivity index (χ0) is 25.0. The number of pyridine rings is 2. The van der Waals surface area contributed by atoms with E-state index in [4.69, 9.17) is 9.72 Å². The van der Waals surface area contributed by atoms with Crippen molar-refractivity contribution in [3.05, 3.63) is 95.7 Å². The predicted molar refractivity (Wildman–Crippen MR) is 144 cm³/mol. The number of hydrogen-bond acceptors (Lipinski definition) is 4. The van der Waals surface area contributed by atoms with Crippen molar-refractivity contribution in [2.24, 2.45) is 0 Å². The largest absolute Gasteiger partial charge is 0.506 e. The summed E-state index contributed by atoms with van der Waals surface area (Å²) in [6, 6.07) is 25.4. The van der Waals surface area contributed by atoms with Crippen molar-refractivity contribution in [3.63, 3.8) is 0 Å². The molecule has 0 amide bonds. The van der Waals surface area contributed by atoms with E-state index >= 15 is 0 Å². The Hall–Kier alpha value is -3.69. The Bertz CT molecular complexity index is 1790. The first-order chi connectivity index (χ1) is 17.4. The van der Waals surface area contributed by atoms with Crippen LogP contribution >= 0.6 is 0 Å². The quantitative estimate of drug-likeness (QED) is 0.195. The average molecular weight is 668 g/mol. The van der Waals surface area contributed by atoms with Gasteiger partial charge in [0.1, 0.15) is 17.1 Å². The number of para-hydroxylation sites is 1. The number of fused-ring (bicyclic) bond motifs is 4. The molecule has 0 aliphatic heterocycles. The number of ether oxygens (including phenoxy) is 1. The van der Waals surface area contributed by atoms with Crippen molar-refractivity contribution in [3.8, 4) is 23.2 Å². The zero-order valence-corrected chi connectivity index (χ0v) is 23.3. The van der Waals surface area contributed by atoms with Crippen LogP contribution in [-0.4, -0.2) is 19.6 Å². The minimum absolute atomic E-state index is 0. The molecular weight excluding hydrogens is 641 g/mol. The molecule has 0 saturated carbocycles. The smallest absolute Gasteiger partial charge is 0.217 e. The fourth-order valence-electron chi connectivity index (χ4n) is 4.94. The van der Waals surface area contributed by atoms with Crippen LogP contribution in [0.4, 0.5) is 0 Å². The van der Waals surface area contributed by atoms with Crippen molar-refractivity contribution in [1.29, 1.82) is 0 Å². The van der Waals surface area contributed by atoms with Crippen molar-refractivity contribution < 1.29 is 30.9 Å². The van der Waals surface area contributed by atoms with Gasteiger partial charge in [0.25, 0.3) is 0 Å². The maximum absolute atomic E-state index is 10.4. The summed E-state index contributed by atoms with van der Waals surface area (Å²) in [5, 5.41) is 13.6. The van der Waals surface area contributed by atoms with Gasteiger partial charge in [-0.3, -0.25) is 0 Å². The van der Waals surface area contributed by atoms with Gasteiger partial charge < -0.3 is 14.4 Å². The summed E-state index contributed by atoms with van der Waals surface area (Å²) < 4.78 is 8.34. The number of aryl methyl sites for hydroxylation is 2. The Morgan fingerprint density at radius 2 is 1.73 bits per heavy atom. The molecule has 37 heavy (non-hydrogen) atoms. The van der Waals surface area contributed by atoms with Crippen LogP contribution in [-0.2, 0) is 21.1 Å². The van der Waals surface area contributed by atoms with E-state index in [2.05, 4.69) is 59.8 Å². The van der Waals surface area contributed by atoms with Crippen molar-refractivity contribution in [2.45, 2.75) is 33.6 Å². The number of benzene rings is 3. The molecule has 0 bridgehead atoms. The number of hydrogen-bond donors (Lipinski definition) is 1. The van der Waals surface area contributed by atoms with Gasteiger partial charge in [0.05, 0.1) is 0 Å². The first-order valence-corrected chi connectivity index (χ1v) is 12.1. The third-order valence-corrected chi connectivity index (χ3v) is 6.76. The van der Waals surface area contributed by atoms with E-state index in [1.165, 1.54) is 5.56 Å². The minimum atomic E-state index is 0. The second-order valence-electron chi connectivity index (χ2n) is 9.54. The van der Waals surface area contributed by atoms with E-state index in [-0.39, 0.29) is 26.8 Å². The molecule has 1 N–H and O–H groups in total. The Morgan fingerprint density at radius 3 is 2.54 bits per heavy atom. The molecule has 0 aliphatic rings. The summed E-state index contributed by atoms with van der Waals surface area (Å²) in [6.07, 6.45) is 1.86. The molecule has 0 atom stereocenters. The number of aromatic nitrogens is 3. The molecule has 3 aromatic heterocycles. The summed E-state index contributed by atoms with van der Waals surface area (Å²) in [4.78, 5) is 9.32. The van der Waals surface area contributed by atoms with Gasteiger partial charge in [-0.15, -0.1) is 17.5 Å². The van der Waals surface area contributed by atoms with Gasteiger partial charge in [0, 0.05) is 50.0 Å². The van der Waals surface area contributed by atoms with Crippen LogP contribution in [0.15, 0.2) is 72.9 Å². The topological polar surface area (TPSA) is 60.2 Å². The predicted octanol–water partition coefficient (Wildman–Crippen LogP) is 7.76. The standard InChI is InChI=1S/C31H26N3O2.Pt/c1-18(2)21-13-14-32-28(16-21)34-25-8-6-5-7-23(25)24-11-10-22(17-26(24)34)36-29-15-20(4)30-19(3)9-12-27(35)31(30)33-29;/h5-16,18,35H,1-4H3;/q-1;. The van der Waals surface area contributed by atoms with Gasteiger partial charge in [-0.1, -0.05) is 43.6 Å². The van der Waals surface area contributed by atoms with Crippen LogP contribution in [0, 0.1) is 19.9 Å². The molecule has 3 heterocycles. The third-order valence-electron chi connectivity index (χ3n) is 6.76. The number of rotatable bonds is 4. The summed E-state index contributed by atoms with van der Waals surface area (Å²) in [6.45, 7) is 8.38. The van der Waals surface area contributed by atoms with Gasteiger partial charge in [-0.05, 0) is 66.1 Å². The Kier molecular flexibility index (Phi) is 6.51. The Morgan fingerprint density at radius 1 is 0.919 bits per heavy atom. The number of nitrogens with zero attached hydrogens (tertiary/aromatic N) is 3. The number of phenolic OH excluding ortho intramolecular Hbond substituents is 1. The maximum atomic E-state index is 10.4. The third kappa shape index (κ3) is 4.28. The van der Waals surface area contributed by atoms with Crippen LogP contribution in [0.2, 0.25) is 0 Å². The molecule has 0 radical (unpaired) electrons. The van der Waals surface area contributed by atoms with E-state index in [1.807, 2.05) is 50.4 Å². The maximum Gasteiger partial charge on any atom is 0.217 e. The molecule has 0 spiro atoms. The van der Waals surface area contributed by atoms with Crippen LogP contribution in [0.5, 0.6) is 17.4 Å². The van der Waals surface area contributed by atoms with Crippen molar-refractivity contribution in [2.75, 3.05) is 0 Å². The van der Waals surface area contributed by atoms with Crippen LogP contribution < -0.4 is 4.74 Å². The van der Waals surface area contributed by atoms with Crippen molar-refractivity contribution in [1.82, 2.24) is 14.5 Å². The van der Waals surface area contributed by atoms with Gasteiger partial charge >= 0.3 is 0 Å². The molecular formula is C31H26N3O2Pt-. The second-order valence-corrected chi connectivity index (χ2v) is 9.54. The van der Waals surface area contributed by atoms with E-state index in [0.29, 0.717) is 23.1 Å². The fraction of sp³-hybridized carbons (Fsp3) is 0.161. The van der Waals surface area contributed by atoms with Gasteiger partial charge in [-0.25, -0.2) is 9.97 Å². The van der Waals surface area contributed by atoms with E-state index in [0.717, 1.165) is 44.1 Å². The molecule has 3 aromatic carbocycles. The minimum Gasteiger partial charge on any atom is -0.506 e. The van der Waals surface area contributed by atoms with Crippen LogP contribution in [0.3, 0.4) is 0 Å². The summed E-state index contributed by atoms with van der Waals surface area (Å²) >= 11 is 0. The SMILES string of the molecule is Cc1ccc(O)c2nc(Oc3[c-]c4c(cc3)c3ccccc3n4-c3cc(C(C)C)ccn3)cc(C)c12.[Pt]. The summed E-state index contributed by atoms with van der Waals surface area (Å²) in [5.74, 6) is 2.34. The monoisotopic (exact) mass is 667 g/mol. The molecule has 0 unspecified atom stereocenters. The Balaban J connectivity index is 0.00000280.